The highest BCUT2D eigenvalue weighted by atomic mass is 35.5. The second kappa shape index (κ2) is 11.3. The van der Waals surface area contributed by atoms with Gasteiger partial charge in [0.05, 0.1) is 11.6 Å². The van der Waals surface area contributed by atoms with E-state index in [4.69, 9.17) is 5.73 Å². The van der Waals surface area contributed by atoms with Crippen LogP contribution in [0.4, 0.5) is 5.82 Å². The molecular weight excluding hydrogens is 389 g/mol. The van der Waals surface area contributed by atoms with Gasteiger partial charge >= 0.3 is 0 Å². The highest BCUT2D eigenvalue weighted by Gasteiger charge is 2.23. The van der Waals surface area contributed by atoms with Crippen LogP contribution in [0, 0.1) is 0 Å². The Hall–Kier alpha value is -1.64. The number of carbonyl (C=O) groups excluding carboxylic acids is 1. The molecule has 1 fully saturated rings. The molecule has 0 unspecified atom stereocenters. The van der Waals surface area contributed by atoms with Crippen LogP contribution in [-0.4, -0.2) is 63.3 Å². The van der Waals surface area contributed by atoms with Crippen molar-refractivity contribution in [3.63, 3.8) is 0 Å². The maximum atomic E-state index is 12.3. The average molecular weight is 418 g/mol. The van der Waals surface area contributed by atoms with Gasteiger partial charge in [0.25, 0.3) is 0 Å². The molecule has 3 rings (SSSR count). The number of nitrogens with zero attached hydrogens (tertiary/aromatic N) is 6. The highest BCUT2D eigenvalue weighted by Crippen LogP contribution is 2.23. The zero-order valence-corrected chi connectivity index (χ0v) is 17.3. The summed E-state index contributed by atoms with van der Waals surface area (Å²) in [7, 11) is 1.88. The van der Waals surface area contributed by atoms with Crippen LogP contribution in [0.1, 0.15) is 32.1 Å². The first kappa shape index (κ1) is 23.4. The fourth-order valence-corrected chi connectivity index (χ4v) is 3.30. The zero-order valence-electron chi connectivity index (χ0n) is 15.7. The molecule has 152 valence electrons. The number of hydrogen-bond acceptors (Lipinski definition) is 6. The van der Waals surface area contributed by atoms with Crippen molar-refractivity contribution in [2.45, 2.75) is 32.1 Å². The van der Waals surface area contributed by atoms with E-state index in [-0.39, 0.29) is 30.7 Å². The first-order chi connectivity index (χ1) is 12.2. The van der Waals surface area contributed by atoms with Gasteiger partial charge in [0.15, 0.2) is 5.65 Å². The van der Waals surface area contributed by atoms with E-state index in [1.807, 2.05) is 18.1 Å². The van der Waals surface area contributed by atoms with Gasteiger partial charge in [-0.25, -0.2) is 9.97 Å². The number of amides is 1. The summed E-state index contributed by atoms with van der Waals surface area (Å²) in [6.07, 6.45) is 8.25. The predicted octanol–water partition coefficient (Wildman–Crippen LogP) is 1.76. The number of anilines is 1. The molecule has 0 spiro atoms. The van der Waals surface area contributed by atoms with Gasteiger partial charge in [-0.15, -0.1) is 24.8 Å². The smallest absolute Gasteiger partial charge is 0.222 e. The molecule has 0 atom stereocenters. The van der Waals surface area contributed by atoms with Crippen LogP contribution in [0.5, 0.6) is 0 Å². The summed E-state index contributed by atoms with van der Waals surface area (Å²) in [5.74, 6) is 1.17. The Morgan fingerprint density at radius 3 is 2.48 bits per heavy atom. The van der Waals surface area contributed by atoms with Crippen LogP contribution in [-0.2, 0) is 11.8 Å². The SMILES string of the molecule is Cl.Cl.Cn1ncc2c(N3CCN(C(=O)CCCCCCN)CC3)ncnc21. The number of nitrogens with two attached hydrogens (primary N) is 1. The molecule has 0 saturated carbocycles. The van der Waals surface area contributed by atoms with E-state index < -0.39 is 0 Å². The van der Waals surface area contributed by atoms with Gasteiger partial charge in [-0.05, 0) is 19.4 Å². The van der Waals surface area contributed by atoms with Gasteiger partial charge in [0.2, 0.25) is 5.91 Å². The molecule has 0 bridgehead atoms. The molecule has 0 aliphatic carbocycles. The van der Waals surface area contributed by atoms with E-state index in [0.717, 1.165) is 75.3 Å². The lowest BCUT2D eigenvalue weighted by molar-refractivity contribution is -0.131. The van der Waals surface area contributed by atoms with E-state index in [1.165, 1.54) is 0 Å². The third-order valence-electron chi connectivity index (χ3n) is 4.79. The lowest BCUT2D eigenvalue weighted by atomic mass is 10.1. The Balaban J connectivity index is 0.00000182. The fourth-order valence-electron chi connectivity index (χ4n) is 3.30. The molecule has 1 aliphatic heterocycles. The topological polar surface area (TPSA) is 93.2 Å². The minimum atomic E-state index is 0. The molecule has 10 heteroatoms. The number of halogens is 2. The number of hydrogen-bond donors (Lipinski definition) is 1. The molecule has 2 N–H and O–H groups in total. The van der Waals surface area contributed by atoms with Crippen molar-refractivity contribution in [3.05, 3.63) is 12.5 Å². The number of piperazine rings is 1. The largest absolute Gasteiger partial charge is 0.352 e. The number of aryl methyl sites for hydroxylation is 1. The second-order valence-corrected chi connectivity index (χ2v) is 6.52. The van der Waals surface area contributed by atoms with Gasteiger partial charge < -0.3 is 15.5 Å². The summed E-state index contributed by atoms with van der Waals surface area (Å²) in [5.41, 5.74) is 6.32. The molecule has 0 aromatic carbocycles. The summed E-state index contributed by atoms with van der Waals surface area (Å²) >= 11 is 0. The molecule has 27 heavy (non-hydrogen) atoms. The molecule has 2 aromatic heterocycles. The number of unbranched alkanes of at least 4 members (excludes halogenated alkanes) is 3. The maximum Gasteiger partial charge on any atom is 0.222 e. The van der Waals surface area contributed by atoms with Crippen LogP contribution in [0.2, 0.25) is 0 Å². The van der Waals surface area contributed by atoms with E-state index >= 15 is 0 Å². The van der Waals surface area contributed by atoms with Gasteiger partial charge in [0, 0.05) is 39.6 Å². The number of rotatable bonds is 7. The zero-order chi connectivity index (χ0) is 17.6. The molecule has 1 saturated heterocycles. The first-order valence-electron chi connectivity index (χ1n) is 9.06. The van der Waals surface area contributed by atoms with Crippen LogP contribution >= 0.6 is 24.8 Å². The van der Waals surface area contributed by atoms with E-state index in [9.17, 15) is 4.79 Å². The van der Waals surface area contributed by atoms with Crippen molar-refractivity contribution in [3.8, 4) is 0 Å². The van der Waals surface area contributed by atoms with Crippen molar-refractivity contribution in [1.29, 1.82) is 0 Å². The molecule has 3 heterocycles. The van der Waals surface area contributed by atoms with Crippen LogP contribution < -0.4 is 10.6 Å². The maximum absolute atomic E-state index is 12.3. The van der Waals surface area contributed by atoms with Crippen molar-refractivity contribution >= 4 is 47.6 Å². The minimum absolute atomic E-state index is 0. The van der Waals surface area contributed by atoms with Crippen molar-refractivity contribution in [2.75, 3.05) is 37.6 Å². The van der Waals surface area contributed by atoms with E-state index in [2.05, 4.69) is 20.0 Å². The standard InChI is InChI=1S/C17H27N7O.2ClH/c1-22-16-14(12-21-22)17(20-13-19-16)24-10-8-23(9-11-24)15(25)6-4-2-3-5-7-18;;/h12-13H,2-11,18H2,1H3;2*1H. The summed E-state index contributed by atoms with van der Waals surface area (Å²) < 4.78 is 1.75. The predicted molar refractivity (Wildman–Crippen MR) is 112 cm³/mol. The second-order valence-electron chi connectivity index (χ2n) is 6.52. The summed E-state index contributed by atoms with van der Waals surface area (Å²) in [5, 5.41) is 5.23. The van der Waals surface area contributed by atoms with Gasteiger partial charge in [-0.1, -0.05) is 12.8 Å². The quantitative estimate of drug-likeness (QED) is 0.689. The van der Waals surface area contributed by atoms with E-state index in [0.29, 0.717) is 6.42 Å². The van der Waals surface area contributed by atoms with Crippen molar-refractivity contribution in [1.82, 2.24) is 24.6 Å². The number of fused-ring (bicyclic) bond motifs is 1. The Morgan fingerprint density at radius 2 is 1.78 bits per heavy atom. The lowest BCUT2D eigenvalue weighted by Gasteiger charge is -2.35. The highest BCUT2D eigenvalue weighted by molar-refractivity contribution is 5.87. The molecule has 2 aromatic rings. The number of carbonyl (C=O) groups is 1. The fraction of sp³-hybridized carbons (Fsp3) is 0.647. The first-order valence-corrected chi connectivity index (χ1v) is 9.06. The Morgan fingerprint density at radius 1 is 1.07 bits per heavy atom. The van der Waals surface area contributed by atoms with Crippen molar-refractivity contribution in [2.24, 2.45) is 12.8 Å². The third kappa shape index (κ3) is 5.67. The Bertz CT molecular complexity index is 716. The number of aromatic nitrogens is 4. The lowest BCUT2D eigenvalue weighted by Crippen LogP contribution is -2.49. The van der Waals surface area contributed by atoms with Gasteiger partial charge in [0.1, 0.15) is 12.1 Å². The van der Waals surface area contributed by atoms with Crippen LogP contribution in [0.25, 0.3) is 11.0 Å². The van der Waals surface area contributed by atoms with Gasteiger partial charge in [-0.2, -0.15) is 5.10 Å². The molecule has 0 radical (unpaired) electrons. The molecule has 1 amide bonds. The molecule has 1 aliphatic rings. The molecular formula is C17H29Cl2N7O. The summed E-state index contributed by atoms with van der Waals surface area (Å²) in [6.45, 7) is 3.81. The van der Waals surface area contributed by atoms with Crippen LogP contribution in [0.15, 0.2) is 12.5 Å². The Labute approximate surface area is 172 Å². The summed E-state index contributed by atoms with van der Waals surface area (Å²) in [4.78, 5) is 25.3. The third-order valence-corrected chi connectivity index (χ3v) is 4.79. The van der Waals surface area contributed by atoms with E-state index in [1.54, 1.807) is 11.0 Å². The summed E-state index contributed by atoms with van der Waals surface area (Å²) in [6, 6.07) is 0. The van der Waals surface area contributed by atoms with Gasteiger partial charge in [-0.3, -0.25) is 9.48 Å². The van der Waals surface area contributed by atoms with Crippen LogP contribution in [0.3, 0.4) is 0 Å². The normalized spacial score (nSPS) is 14.0. The minimum Gasteiger partial charge on any atom is -0.352 e. The van der Waals surface area contributed by atoms with Crippen molar-refractivity contribution < 1.29 is 4.79 Å². The molecule has 8 nitrogen and oxygen atoms in total. The monoisotopic (exact) mass is 417 g/mol. The average Bonchev–Trinajstić information content (AvgIpc) is 3.03. The Kier molecular flexibility index (Phi) is 9.76.